The first-order valence-corrected chi connectivity index (χ1v) is 13.3. The molecule has 8 rings (SSSR count). The first-order chi connectivity index (χ1) is 19.3. The Hall–Kier alpha value is -5.16. The van der Waals surface area contributed by atoms with E-state index in [0.717, 1.165) is 62.4 Å². The molecule has 1 aliphatic rings. The van der Waals surface area contributed by atoms with E-state index < -0.39 is 0 Å². The molecule has 1 aliphatic carbocycles. The van der Waals surface area contributed by atoms with Crippen molar-refractivity contribution in [3.05, 3.63) is 121 Å². The Morgan fingerprint density at radius 2 is 1.51 bits per heavy atom. The summed E-state index contributed by atoms with van der Waals surface area (Å²) >= 11 is 0. The van der Waals surface area contributed by atoms with Crippen LogP contribution in [0, 0.1) is 5.41 Å². The van der Waals surface area contributed by atoms with Crippen LogP contribution in [0.5, 0.6) is 0 Å². The molecule has 0 radical (unpaired) electrons. The lowest BCUT2D eigenvalue weighted by molar-refractivity contribution is 0.981. The Labute approximate surface area is 225 Å². The van der Waals surface area contributed by atoms with Crippen molar-refractivity contribution in [3.63, 3.8) is 0 Å². The number of rotatable bonds is 2. The number of aliphatic imine (C=N–C) groups is 1. The van der Waals surface area contributed by atoms with Crippen molar-refractivity contribution < 1.29 is 0 Å². The van der Waals surface area contributed by atoms with Gasteiger partial charge in [-0.1, -0.05) is 72.8 Å². The van der Waals surface area contributed by atoms with Crippen molar-refractivity contribution in [2.45, 2.75) is 12.8 Å². The summed E-state index contributed by atoms with van der Waals surface area (Å²) in [6, 6.07) is 33.6. The molecule has 0 saturated carbocycles. The van der Waals surface area contributed by atoms with Crippen LogP contribution in [0.25, 0.3) is 55.4 Å². The molecule has 3 aromatic heterocycles. The number of benzene rings is 4. The Bertz CT molecular complexity index is 2130. The molecule has 5 nitrogen and oxygen atoms in total. The van der Waals surface area contributed by atoms with Gasteiger partial charge < -0.3 is 9.13 Å². The highest BCUT2D eigenvalue weighted by atomic mass is 15.2. The molecule has 0 amide bonds. The zero-order valence-electron chi connectivity index (χ0n) is 21.3. The quantitative estimate of drug-likeness (QED) is 0.184. The van der Waals surface area contributed by atoms with Gasteiger partial charge >= 0.3 is 0 Å². The molecule has 0 unspecified atom stereocenters. The minimum absolute atomic E-state index is 0.181. The van der Waals surface area contributed by atoms with Gasteiger partial charge in [0, 0.05) is 33.4 Å². The van der Waals surface area contributed by atoms with Gasteiger partial charge in [-0.05, 0) is 54.8 Å². The monoisotopic (exact) mass is 503 g/mol. The predicted molar refractivity (Wildman–Crippen MR) is 163 cm³/mol. The number of fused-ring (bicyclic) bond motifs is 8. The average Bonchev–Trinajstić information content (AvgIpc) is 3.67. The van der Waals surface area contributed by atoms with E-state index in [9.17, 15) is 5.41 Å². The predicted octanol–water partition coefficient (Wildman–Crippen LogP) is 8.01. The summed E-state index contributed by atoms with van der Waals surface area (Å²) in [5.74, 6) is 0.181. The summed E-state index contributed by atoms with van der Waals surface area (Å²) < 4.78 is 6.34. The second-order valence-electron chi connectivity index (χ2n) is 10.0. The van der Waals surface area contributed by atoms with E-state index >= 15 is 0 Å². The fourth-order valence-electron chi connectivity index (χ4n) is 6.21. The van der Waals surface area contributed by atoms with Crippen LogP contribution in [-0.2, 0) is 6.42 Å². The number of nitrogens with zero attached hydrogens (tertiary/aromatic N) is 4. The maximum atomic E-state index is 9.29. The maximum absolute atomic E-state index is 9.29. The largest absolute Gasteiger partial charge is 0.315 e. The number of hydrogen-bond donors (Lipinski definition) is 1. The zero-order chi connectivity index (χ0) is 25.9. The van der Waals surface area contributed by atoms with Crippen molar-refractivity contribution in [1.82, 2.24) is 13.7 Å². The summed E-state index contributed by atoms with van der Waals surface area (Å²) in [4.78, 5) is 4.80. The molecule has 0 bridgehead atoms. The van der Waals surface area contributed by atoms with Gasteiger partial charge in [0.15, 0.2) is 0 Å². The Morgan fingerprint density at radius 1 is 0.744 bits per heavy atom. The SMILES string of the molecule is N=C(/N=C/n1c2c(c3ccccc31)CCC=C2)n1c2ccccc2c2ccc3ccn(-c4ccccc4)c3c21. The van der Waals surface area contributed by atoms with Crippen molar-refractivity contribution in [2.75, 3.05) is 0 Å². The van der Waals surface area contributed by atoms with Crippen molar-refractivity contribution in [1.29, 1.82) is 5.41 Å². The third-order valence-electron chi connectivity index (χ3n) is 7.92. The van der Waals surface area contributed by atoms with Gasteiger partial charge in [0.2, 0.25) is 5.96 Å². The van der Waals surface area contributed by atoms with Crippen LogP contribution in [0.2, 0.25) is 0 Å². The van der Waals surface area contributed by atoms with E-state index in [1.54, 1.807) is 0 Å². The van der Waals surface area contributed by atoms with Gasteiger partial charge in [0.1, 0.15) is 6.34 Å². The molecule has 39 heavy (non-hydrogen) atoms. The van der Waals surface area contributed by atoms with E-state index in [0.29, 0.717) is 0 Å². The Kier molecular flexibility index (Phi) is 4.73. The number of nitrogens with one attached hydrogen (secondary N) is 1. The lowest BCUT2D eigenvalue weighted by Gasteiger charge is -2.11. The van der Waals surface area contributed by atoms with Crippen LogP contribution in [0.3, 0.4) is 0 Å². The summed E-state index contributed by atoms with van der Waals surface area (Å²) in [5, 5.41) is 13.9. The third kappa shape index (κ3) is 3.20. The second-order valence-corrected chi connectivity index (χ2v) is 10.0. The third-order valence-corrected chi connectivity index (χ3v) is 7.92. The molecule has 4 aromatic carbocycles. The van der Waals surface area contributed by atoms with Gasteiger partial charge in [-0.25, -0.2) is 4.99 Å². The molecule has 0 fully saturated rings. The highest BCUT2D eigenvalue weighted by Crippen LogP contribution is 2.36. The molecule has 186 valence electrons. The zero-order valence-corrected chi connectivity index (χ0v) is 21.3. The van der Waals surface area contributed by atoms with E-state index in [4.69, 9.17) is 4.99 Å². The maximum Gasteiger partial charge on any atom is 0.228 e. The average molecular weight is 504 g/mol. The van der Waals surface area contributed by atoms with Crippen LogP contribution in [0.4, 0.5) is 0 Å². The van der Waals surface area contributed by atoms with E-state index in [1.807, 2.05) is 23.0 Å². The summed E-state index contributed by atoms with van der Waals surface area (Å²) in [6.07, 6.45) is 10.4. The lowest BCUT2D eigenvalue weighted by atomic mass is 10.0. The molecule has 0 aliphatic heterocycles. The molecular weight excluding hydrogens is 478 g/mol. The van der Waals surface area contributed by atoms with Crippen LogP contribution in [-0.4, -0.2) is 26.0 Å². The van der Waals surface area contributed by atoms with Crippen molar-refractivity contribution in [2.24, 2.45) is 4.99 Å². The van der Waals surface area contributed by atoms with Crippen LogP contribution >= 0.6 is 0 Å². The number of aromatic nitrogens is 3. The molecule has 0 atom stereocenters. The summed E-state index contributed by atoms with van der Waals surface area (Å²) in [6.45, 7) is 0. The molecule has 3 heterocycles. The fraction of sp³-hybridized carbons (Fsp3) is 0.0588. The molecule has 0 saturated heterocycles. The molecule has 7 aromatic rings. The molecule has 1 N–H and O–H groups in total. The van der Waals surface area contributed by atoms with Gasteiger partial charge in [0.05, 0.1) is 27.8 Å². The smallest absolute Gasteiger partial charge is 0.228 e. The van der Waals surface area contributed by atoms with Gasteiger partial charge in [-0.3, -0.25) is 9.98 Å². The summed E-state index contributed by atoms with van der Waals surface area (Å²) in [5.41, 5.74) is 7.75. The highest BCUT2D eigenvalue weighted by Gasteiger charge is 2.20. The van der Waals surface area contributed by atoms with Crippen molar-refractivity contribution >= 4 is 62.0 Å². The first kappa shape index (κ1) is 21.9. The van der Waals surface area contributed by atoms with Crippen LogP contribution in [0.15, 0.2) is 114 Å². The standard InChI is InChI=1S/C34H25N5/c35-34(36-22-38-29-15-7-4-12-25(29)26-13-5-8-16-30(26)38)39-31-17-9-6-14-27(31)28-19-18-23-20-21-37(32(23)33(28)39)24-10-2-1-3-11-24/h1-4,6-12,14-22,35H,5,13H2/b35-34?,36-22+. The number of allylic oxidation sites excluding steroid dienone is 1. The normalized spacial score (nSPS) is 13.3. The van der Waals surface area contributed by atoms with E-state index in [1.165, 1.54) is 10.9 Å². The lowest BCUT2D eigenvalue weighted by Crippen LogP contribution is -2.11. The molecule has 5 heteroatoms. The first-order valence-electron chi connectivity index (χ1n) is 13.3. The second kappa shape index (κ2) is 8.43. The van der Waals surface area contributed by atoms with Crippen molar-refractivity contribution in [3.8, 4) is 5.69 Å². The minimum Gasteiger partial charge on any atom is -0.315 e. The van der Waals surface area contributed by atoms with Crippen LogP contribution in [0.1, 0.15) is 17.7 Å². The van der Waals surface area contributed by atoms with Gasteiger partial charge in [-0.15, -0.1) is 0 Å². The Morgan fingerprint density at radius 3 is 2.38 bits per heavy atom. The van der Waals surface area contributed by atoms with Crippen LogP contribution < -0.4 is 0 Å². The van der Waals surface area contributed by atoms with Gasteiger partial charge in [-0.2, -0.15) is 0 Å². The number of hydrogen-bond acceptors (Lipinski definition) is 1. The topological polar surface area (TPSA) is 51.0 Å². The summed E-state index contributed by atoms with van der Waals surface area (Å²) in [7, 11) is 0. The Balaban J connectivity index is 1.37. The minimum atomic E-state index is 0.181. The van der Waals surface area contributed by atoms with E-state index in [2.05, 4.69) is 112 Å². The molecular formula is C34H25N5. The number of aryl methyl sites for hydroxylation is 1. The van der Waals surface area contributed by atoms with E-state index in [-0.39, 0.29) is 5.96 Å². The fourth-order valence-corrected chi connectivity index (χ4v) is 6.21. The highest BCUT2D eigenvalue weighted by molar-refractivity contribution is 6.21. The number of para-hydroxylation sites is 3. The van der Waals surface area contributed by atoms with Gasteiger partial charge in [0.25, 0.3) is 0 Å². The molecule has 0 spiro atoms.